The fourth-order valence-corrected chi connectivity index (χ4v) is 3.46. The van der Waals surface area contributed by atoms with Gasteiger partial charge in [-0.3, -0.25) is 0 Å². The Hall–Kier alpha value is -1.92. The van der Waals surface area contributed by atoms with Gasteiger partial charge in [-0.2, -0.15) is 0 Å². The minimum atomic E-state index is -3.74. The van der Waals surface area contributed by atoms with Gasteiger partial charge < -0.3 is 4.74 Å². The van der Waals surface area contributed by atoms with E-state index >= 15 is 0 Å². The molecule has 0 saturated carbocycles. The van der Waals surface area contributed by atoms with Gasteiger partial charge in [0.2, 0.25) is 15.0 Å². The number of ether oxygens (including phenoxy) is 1. The highest BCUT2D eigenvalue weighted by atomic mass is 35.5. The molecule has 1 heterocycles. The molecule has 0 bridgehead atoms. The zero-order valence-corrected chi connectivity index (χ0v) is 13.5. The first-order valence-electron chi connectivity index (χ1n) is 6.45. The van der Waals surface area contributed by atoms with Crippen molar-refractivity contribution in [1.29, 1.82) is 0 Å². The number of rotatable bonds is 6. The molecule has 0 spiro atoms. The van der Waals surface area contributed by atoms with Crippen LogP contribution in [0.15, 0.2) is 54.3 Å². The lowest BCUT2D eigenvalue weighted by atomic mass is 10.1. The fourth-order valence-electron chi connectivity index (χ4n) is 1.91. The van der Waals surface area contributed by atoms with Crippen LogP contribution in [0.25, 0.3) is 0 Å². The summed E-state index contributed by atoms with van der Waals surface area (Å²) in [6, 6.07) is 8.59. The molecule has 1 atom stereocenters. The third-order valence-corrected chi connectivity index (χ3v) is 5.18. The van der Waals surface area contributed by atoms with Gasteiger partial charge >= 0.3 is 0 Å². The summed E-state index contributed by atoms with van der Waals surface area (Å²) in [5, 5.41) is -1.04. The van der Waals surface area contributed by atoms with Gasteiger partial charge in [0.15, 0.2) is 0 Å². The Labute approximate surface area is 134 Å². The third-order valence-electron chi connectivity index (χ3n) is 3.11. The molecule has 0 fully saturated rings. The molecule has 1 aromatic carbocycles. The average Bonchev–Trinajstić information content (AvgIpc) is 2.53. The van der Waals surface area contributed by atoms with E-state index in [1.165, 1.54) is 18.3 Å². The molecular weight excluding hydrogens is 324 g/mol. The lowest BCUT2D eigenvalue weighted by Gasteiger charge is -2.13. The summed E-state index contributed by atoms with van der Waals surface area (Å²) in [7, 11) is -2.17. The van der Waals surface area contributed by atoms with Crippen molar-refractivity contribution in [2.75, 3.05) is 7.11 Å². The number of benzene rings is 1. The summed E-state index contributed by atoms with van der Waals surface area (Å²) in [6.07, 6.45) is 2.96. The van der Waals surface area contributed by atoms with Crippen LogP contribution >= 0.6 is 11.6 Å². The normalized spacial score (nSPS) is 12.6. The number of halogens is 1. The van der Waals surface area contributed by atoms with Crippen molar-refractivity contribution < 1.29 is 13.2 Å². The maximum atomic E-state index is 12.6. The van der Waals surface area contributed by atoms with E-state index in [2.05, 4.69) is 16.5 Å². The van der Waals surface area contributed by atoms with E-state index in [4.69, 9.17) is 16.3 Å². The molecular formula is C15H15ClN2O3S. The van der Waals surface area contributed by atoms with Gasteiger partial charge in [-0.1, -0.05) is 29.8 Å². The van der Waals surface area contributed by atoms with Crippen LogP contribution in [0, 0.1) is 0 Å². The van der Waals surface area contributed by atoms with Crippen molar-refractivity contribution in [2.24, 2.45) is 0 Å². The molecule has 0 radical (unpaired) electrons. The molecule has 5 nitrogen and oxygen atoms in total. The number of methoxy groups -OCH3 is 1. The van der Waals surface area contributed by atoms with E-state index in [1.807, 2.05) is 12.1 Å². The van der Waals surface area contributed by atoms with E-state index in [0.717, 1.165) is 5.56 Å². The first kappa shape index (κ1) is 16.5. The number of hydrogen-bond donors (Lipinski definition) is 0. The van der Waals surface area contributed by atoms with Crippen LogP contribution in [0.4, 0.5) is 0 Å². The second-order valence-electron chi connectivity index (χ2n) is 4.53. The molecule has 2 rings (SSSR count). The molecule has 22 heavy (non-hydrogen) atoms. The van der Waals surface area contributed by atoms with E-state index in [1.54, 1.807) is 19.2 Å². The highest BCUT2D eigenvalue weighted by Gasteiger charge is 2.28. The van der Waals surface area contributed by atoms with Gasteiger partial charge in [0.25, 0.3) is 0 Å². The van der Waals surface area contributed by atoms with Gasteiger partial charge in [0, 0.05) is 6.20 Å². The maximum absolute atomic E-state index is 12.6. The Kier molecular flexibility index (Phi) is 5.15. The van der Waals surface area contributed by atoms with E-state index < -0.39 is 15.1 Å². The number of hydrogen-bond acceptors (Lipinski definition) is 5. The monoisotopic (exact) mass is 338 g/mol. The summed E-state index contributed by atoms with van der Waals surface area (Å²) in [5.74, 6) is 0.708. The average molecular weight is 339 g/mol. The van der Waals surface area contributed by atoms with Gasteiger partial charge in [0.1, 0.15) is 10.9 Å². The van der Waals surface area contributed by atoms with Crippen molar-refractivity contribution in [3.8, 4) is 5.75 Å². The van der Waals surface area contributed by atoms with Crippen molar-refractivity contribution in [2.45, 2.75) is 16.8 Å². The lowest BCUT2D eigenvalue weighted by molar-refractivity contribution is 0.414. The quantitative estimate of drug-likeness (QED) is 0.460. The predicted octanol–water partition coefficient (Wildman–Crippen LogP) is 2.71. The number of sulfone groups is 1. The number of nitrogens with zero attached hydrogens (tertiary/aromatic N) is 2. The summed E-state index contributed by atoms with van der Waals surface area (Å²) in [4.78, 5) is 7.58. The minimum Gasteiger partial charge on any atom is -0.497 e. The van der Waals surface area contributed by atoms with Crippen LogP contribution in [-0.4, -0.2) is 30.7 Å². The Morgan fingerprint density at radius 1 is 1.32 bits per heavy atom. The van der Waals surface area contributed by atoms with Gasteiger partial charge in [-0.15, -0.1) is 6.58 Å². The van der Waals surface area contributed by atoms with Crippen LogP contribution in [0.5, 0.6) is 5.75 Å². The van der Waals surface area contributed by atoms with Gasteiger partial charge in [-0.25, -0.2) is 18.4 Å². The zero-order chi connectivity index (χ0) is 16.2. The summed E-state index contributed by atoms with van der Waals surface area (Å²) < 4.78 is 30.2. The smallest absolute Gasteiger partial charge is 0.249 e. The molecule has 1 aromatic heterocycles. The molecule has 2 aromatic rings. The molecule has 0 aliphatic carbocycles. The Bertz CT molecular complexity index is 761. The molecule has 0 aliphatic rings. The highest BCUT2D eigenvalue weighted by molar-refractivity contribution is 7.92. The molecule has 116 valence electrons. The topological polar surface area (TPSA) is 69.2 Å². The lowest BCUT2D eigenvalue weighted by Crippen LogP contribution is -2.23. The molecule has 1 unspecified atom stereocenters. The van der Waals surface area contributed by atoms with Crippen LogP contribution in [-0.2, 0) is 16.3 Å². The summed E-state index contributed by atoms with van der Waals surface area (Å²) in [6.45, 7) is 3.61. The minimum absolute atomic E-state index is 0.0841. The zero-order valence-electron chi connectivity index (χ0n) is 11.9. The second kappa shape index (κ2) is 6.89. The van der Waals surface area contributed by atoms with Crippen LogP contribution in [0.2, 0.25) is 5.15 Å². The fraction of sp³-hybridized carbons (Fsp3) is 0.200. The molecule has 0 saturated heterocycles. The van der Waals surface area contributed by atoms with Gasteiger partial charge in [-0.05, 0) is 30.2 Å². The highest BCUT2D eigenvalue weighted by Crippen LogP contribution is 2.20. The van der Waals surface area contributed by atoms with Crippen molar-refractivity contribution >= 4 is 21.4 Å². The Morgan fingerprint density at radius 2 is 2.00 bits per heavy atom. The molecule has 7 heteroatoms. The van der Waals surface area contributed by atoms with Crippen LogP contribution in [0.1, 0.15) is 5.56 Å². The van der Waals surface area contributed by atoms with Gasteiger partial charge in [0.05, 0.1) is 12.4 Å². The molecule has 0 N–H and O–H groups in total. The summed E-state index contributed by atoms with van der Waals surface area (Å²) >= 11 is 5.74. The molecule has 0 amide bonds. The number of aromatic nitrogens is 2. The largest absolute Gasteiger partial charge is 0.497 e. The summed E-state index contributed by atoms with van der Waals surface area (Å²) in [5.41, 5.74) is 0.844. The maximum Gasteiger partial charge on any atom is 0.249 e. The third kappa shape index (κ3) is 3.64. The van der Waals surface area contributed by atoms with Crippen LogP contribution < -0.4 is 4.74 Å². The SMILES string of the molecule is C=CC(Cc1ccc(OC)cc1)S(=O)(=O)c1nccc(Cl)n1. The standard InChI is InChI=1S/C15H15ClN2O3S/c1-3-13(10-11-4-6-12(21-2)7-5-11)22(19,20)15-17-9-8-14(16)18-15/h3-9,13H,1,10H2,2H3. The van der Waals surface area contributed by atoms with Crippen molar-refractivity contribution in [1.82, 2.24) is 9.97 Å². The molecule has 0 aliphatic heterocycles. The van der Waals surface area contributed by atoms with E-state index in [9.17, 15) is 8.42 Å². The van der Waals surface area contributed by atoms with Crippen molar-refractivity contribution in [3.63, 3.8) is 0 Å². The first-order valence-corrected chi connectivity index (χ1v) is 8.37. The van der Waals surface area contributed by atoms with E-state index in [-0.39, 0.29) is 16.7 Å². The van der Waals surface area contributed by atoms with Crippen molar-refractivity contribution in [3.05, 3.63) is 59.9 Å². The Morgan fingerprint density at radius 3 is 2.55 bits per heavy atom. The van der Waals surface area contributed by atoms with Crippen LogP contribution in [0.3, 0.4) is 0 Å². The Balaban J connectivity index is 2.28. The first-order chi connectivity index (χ1) is 10.5. The van der Waals surface area contributed by atoms with E-state index in [0.29, 0.717) is 5.75 Å². The second-order valence-corrected chi connectivity index (χ2v) is 6.98. The predicted molar refractivity (Wildman–Crippen MR) is 84.9 cm³/mol.